The summed E-state index contributed by atoms with van der Waals surface area (Å²) in [6.45, 7) is 0.274. The molecule has 1 aliphatic heterocycles. The molecule has 0 radical (unpaired) electrons. The average Bonchev–Trinajstić information content (AvgIpc) is 3.55. The highest BCUT2D eigenvalue weighted by atomic mass is 16.6. The van der Waals surface area contributed by atoms with Crippen molar-refractivity contribution in [3.8, 4) is 11.1 Å². The molecule has 1 fully saturated rings. The Morgan fingerprint density at radius 2 is 1.71 bits per heavy atom. The highest BCUT2D eigenvalue weighted by Crippen LogP contribution is 2.44. The molecule has 34 heavy (non-hydrogen) atoms. The number of carboxylic acid groups (broad SMARTS) is 1. The Bertz CT molecular complexity index is 1210. The van der Waals surface area contributed by atoms with Gasteiger partial charge in [0.15, 0.2) is 6.10 Å². The van der Waals surface area contributed by atoms with E-state index in [-0.39, 0.29) is 30.6 Å². The Labute approximate surface area is 193 Å². The van der Waals surface area contributed by atoms with Gasteiger partial charge < -0.3 is 19.9 Å². The Morgan fingerprint density at radius 3 is 2.38 bits per heavy atom. The number of carboxylic acids is 1. The first-order chi connectivity index (χ1) is 16.5. The molecule has 2 aliphatic rings. The summed E-state index contributed by atoms with van der Waals surface area (Å²) in [5, 5.41) is 21.1. The summed E-state index contributed by atoms with van der Waals surface area (Å²) in [5.74, 6) is -2.30. The Hall–Kier alpha value is -4.25. The van der Waals surface area contributed by atoms with Crippen molar-refractivity contribution in [2.75, 3.05) is 18.5 Å². The van der Waals surface area contributed by atoms with Crippen LogP contribution in [0.3, 0.4) is 0 Å². The average molecular weight is 464 g/mol. The zero-order chi connectivity index (χ0) is 23.7. The van der Waals surface area contributed by atoms with Crippen molar-refractivity contribution >= 4 is 23.8 Å². The smallest absolute Gasteiger partial charge is 0.412 e. The van der Waals surface area contributed by atoms with Crippen LogP contribution in [0.15, 0.2) is 53.2 Å². The summed E-state index contributed by atoms with van der Waals surface area (Å²) in [4.78, 5) is 36.3. The molecule has 1 saturated heterocycles. The SMILES string of the molecule is O=C(Nc1nonc1C(=O)NC1CCOC1C(=O)O)OCC1c2ccccc2-c2ccccc21. The van der Waals surface area contributed by atoms with E-state index in [0.29, 0.717) is 6.42 Å². The maximum absolute atomic E-state index is 12.6. The summed E-state index contributed by atoms with van der Waals surface area (Å²) in [6, 6.07) is 15.1. The number of carbonyl (C=O) groups excluding carboxylic acids is 2. The number of aliphatic carboxylic acids is 1. The van der Waals surface area contributed by atoms with E-state index in [1.807, 2.05) is 48.5 Å². The zero-order valence-electron chi connectivity index (χ0n) is 17.8. The second-order valence-corrected chi connectivity index (χ2v) is 7.91. The van der Waals surface area contributed by atoms with Crippen LogP contribution >= 0.6 is 0 Å². The van der Waals surface area contributed by atoms with E-state index in [2.05, 4.69) is 25.6 Å². The van der Waals surface area contributed by atoms with Gasteiger partial charge in [-0.3, -0.25) is 10.1 Å². The molecule has 0 bridgehead atoms. The molecule has 2 aromatic carbocycles. The van der Waals surface area contributed by atoms with Crippen LogP contribution in [0, 0.1) is 0 Å². The summed E-state index contributed by atoms with van der Waals surface area (Å²) in [6.07, 6.45) is -1.68. The lowest BCUT2D eigenvalue weighted by Gasteiger charge is -2.15. The number of hydrogen-bond acceptors (Lipinski definition) is 8. The molecule has 0 spiro atoms. The van der Waals surface area contributed by atoms with Crippen LogP contribution in [0.25, 0.3) is 11.1 Å². The minimum atomic E-state index is -1.18. The van der Waals surface area contributed by atoms with E-state index >= 15 is 0 Å². The third-order valence-corrected chi connectivity index (χ3v) is 5.92. The van der Waals surface area contributed by atoms with Crippen LogP contribution in [0.2, 0.25) is 0 Å². The van der Waals surface area contributed by atoms with E-state index in [1.165, 1.54) is 0 Å². The van der Waals surface area contributed by atoms with Gasteiger partial charge in [-0.05, 0) is 39.0 Å². The zero-order valence-corrected chi connectivity index (χ0v) is 17.8. The molecule has 2 amide bonds. The maximum atomic E-state index is 12.6. The van der Waals surface area contributed by atoms with Crippen LogP contribution in [0.4, 0.5) is 10.6 Å². The van der Waals surface area contributed by atoms with E-state index in [0.717, 1.165) is 22.3 Å². The lowest BCUT2D eigenvalue weighted by Crippen LogP contribution is -2.44. The third-order valence-electron chi connectivity index (χ3n) is 5.92. The predicted molar refractivity (Wildman–Crippen MR) is 116 cm³/mol. The fourth-order valence-electron chi connectivity index (χ4n) is 4.37. The van der Waals surface area contributed by atoms with E-state index in [1.54, 1.807) is 0 Å². The number of fused-ring (bicyclic) bond motifs is 3. The number of rotatable bonds is 6. The van der Waals surface area contributed by atoms with Crippen molar-refractivity contribution in [2.45, 2.75) is 24.5 Å². The molecule has 3 N–H and O–H groups in total. The van der Waals surface area contributed by atoms with Gasteiger partial charge in [0, 0.05) is 12.5 Å². The summed E-state index contributed by atoms with van der Waals surface area (Å²) in [7, 11) is 0. The normalized spacial score (nSPS) is 18.7. The number of aromatic nitrogens is 2. The number of nitrogens with zero attached hydrogens (tertiary/aromatic N) is 2. The molecular formula is C23H20N4O7. The minimum absolute atomic E-state index is 0.0758. The number of benzene rings is 2. The Kier molecular flexibility index (Phi) is 5.68. The maximum Gasteiger partial charge on any atom is 0.412 e. The van der Waals surface area contributed by atoms with Crippen molar-refractivity contribution < 1.29 is 33.6 Å². The van der Waals surface area contributed by atoms with Gasteiger partial charge in [0.05, 0.1) is 6.04 Å². The molecular weight excluding hydrogens is 444 g/mol. The van der Waals surface area contributed by atoms with Gasteiger partial charge in [-0.1, -0.05) is 48.5 Å². The van der Waals surface area contributed by atoms with Gasteiger partial charge in [0.25, 0.3) is 5.91 Å². The van der Waals surface area contributed by atoms with Crippen molar-refractivity contribution in [1.82, 2.24) is 15.6 Å². The van der Waals surface area contributed by atoms with Gasteiger partial charge in [-0.25, -0.2) is 14.2 Å². The van der Waals surface area contributed by atoms with Crippen molar-refractivity contribution in [3.05, 3.63) is 65.4 Å². The second kappa shape index (κ2) is 8.94. The molecule has 2 heterocycles. The molecule has 1 aliphatic carbocycles. The predicted octanol–water partition coefficient (Wildman–Crippen LogP) is 2.40. The van der Waals surface area contributed by atoms with Crippen LogP contribution in [0.5, 0.6) is 0 Å². The summed E-state index contributed by atoms with van der Waals surface area (Å²) < 4.78 is 15.1. The fraction of sp³-hybridized carbons (Fsp3) is 0.261. The van der Waals surface area contributed by atoms with Gasteiger partial charge in [-0.15, -0.1) is 0 Å². The first-order valence-corrected chi connectivity index (χ1v) is 10.6. The van der Waals surface area contributed by atoms with Crippen LogP contribution in [0.1, 0.15) is 34.0 Å². The highest BCUT2D eigenvalue weighted by molar-refractivity contribution is 6.00. The molecule has 11 heteroatoms. The fourth-order valence-corrected chi connectivity index (χ4v) is 4.37. The molecule has 0 saturated carbocycles. The largest absolute Gasteiger partial charge is 0.479 e. The number of nitrogens with one attached hydrogen (secondary N) is 2. The molecule has 5 rings (SSSR count). The molecule has 11 nitrogen and oxygen atoms in total. The Morgan fingerprint density at radius 1 is 1.03 bits per heavy atom. The summed E-state index contributed by atoms with van der Waals surface area (Å²) in [5.41, 5.74) is 4.02. The summed E-state index contributed by atoms with van der Waals surface area (Å²) >= 11 is 0. The number of anilines is 1. The lowest BCUT2D eigenvalue weighted by molar-refractivity contribution is -0.148. The standard InChI is InChI=1S/C23H20N4O7/c28-21(24-17-9-10-32-19(17)22(29)30)18-20(27-34-26-18)25-23(31)33-11-16-14-7-3-1-5-12(14)13-6-2-4-8-15(13)16/h1-8,16-17,19H,9-11H2,(H,24,28)(H,29,30)(H,25,27,31). The van der Waals surface area contributed by atoms with Crippen molar-refractivity contribution in [2.24, 2.45) is 0 Å². The van der Waals surface area contributed by atoms with E-state index in [4.69, 9.17) is 9.47 Å². The van der Waals surface area contributed by atoms with Gasteiger partial charge in [0.1, 0.15) is 6.61 Å². The van der Waals surface area contributed by atoms with E-state index in [9.17, 15) is 19.5 Å². The second-order valence-electron chi connectivity index (χ2n) is 7.91. The molecule has 2 atom stereocenters. The van der Waals surface area contributed by atoms with Crippen LogP contribution < -0.4 is 10.6 Å². The van der Waals surface area contributed by atoms with Crippen molar-refractivity contribution in [3.63, 3.8) is 0 Å². The monoisotopic (exact) mass is 464 g/mol. The molecule has 2 unspecified atom stereocenters. The van der Waals surface area contributed by atoms with Gasteiger partial charge in [0.2, 0.25) is 11.5 Å². The molecule has 174 valence electrons. The third kappa shape index (κ3) is 3.97. The van der Waals surface area contributed by atoms with Crippen LogP contribution in [-0.2, 0) is 14.3 Å². The molecule has 3 aromatic rings. The quantitative estimate of drug-likeness (QED) is 0.499. The van der Waals surface area contributed by atoms with E-state index < -0.39 is 30.1 Å². The highest BCUT2D eigenvalue weighted by Gasteiger charge is 2.36. The van der Waals surface area contributed by atoms with Gasteiger partial charge in [-0.2, -0.15) is 0 Å². The first kappa shape index (κ1) is 21.6. The number of ether oxygens (including phenoxy) is 2. The number of carbonyl (C=O) groups is 3. The van der Waals surface area contributed by atoms with Crippen molar-refractivity contribution in [1.29, 1.82) is 0 Å². The molecule has 1 aromatic heterocycles. The van der Waals surface area contributed by atoms with Crippen LogP contribution in [-0.4, -0.2) is 58.7 Å². The van der Waals surface area contributed by atoms with Gasteiger partial charge >= 0.3 is 12.1 Å². The Balaban J connectivity index is 1.23. The number of hydrogen-bond donors (Lipinski definition) is 3. The number of amides is 2. The minimum Gasteiger partial charge on any atom is -0.479 e. The first-order valence-electron chi connectivity index (χ1n) is 10.6. The lowest BCUT2D eigenvalue weighted by atomic mass is 9.98. The topological polar surface area (TPSA) is 153 Å².